The van der Waals surface area contributed by atoms with Crippen molar-refractivity contribution in [3.05, 3.63) is 60.0 Å². The number of aromatic amines is 1. The molecule has 1 fully saturated rings. The Morgan fingerprint density at radius 1 is 1.17 bits per heavy atom. The Hall–Kier alpha value is -2.18. The van der Waals surface area contributed by atoms with Crippen LogP contribution >= 0.6 is 0 Å². The molecular formula is C18H17FN2O2S. The summed E-state index contributed by atoms with van der Waals surface area (Å²) in [4.78, 5) is 2.92. The predicted octanol–water partition coefficient (Wildman–Crippen LogP) is 3.51. The summed E-state index contributed by atoms with van der Waals surface area (Å²) < 4.78 is 39.3. The Morgan fingerprint density at radius 2 is 2.04 bits per heavy atom. The number of nitrogens with zero attached hydrogens (tertiary/aromatic N) is 1. The summed E-state index contributed by atoms with van der Waals surface area (Å²) >= 11 is 0. The maximum absolute atomic E-state index is 13.8. The minimum atomic E-state index is -3.12. The number of benzene rings is 2. The third kappa shape index (κ3) is 2.61. The number of halogens is 1. The second kappa shape index (κ2) is 5.72. The van der Waals surface area contributed by atoms with E-state index in [1.54, 1.807) is 12.3 Å². The van der Waals surface area contributed by atoms with Gasteiger partial charge in [-0.1, -0.05) is 24.3 Å². The molecule has 6 heteroatoms. The topological polar surface area (TPSA) is 53.2 Å². The molecule has 0 bridgehead atoms. The highest BCUT2D eigenvalue weighted by Gasteiger charge is 2.28. The van der Waals surface area contributed by atoms with Crippen molar-refractivity contribution >= 4 is 20.9 Å². The van der Waals surface area contributed by atoms with Gasteiger partial charge in [-0.2, -0.15) is 4.31 Å². The number of nitrogens with one attached hydrogen (secondary N) is 1. The number of hydrogen-bond donors (Lipinski definition) is 1. The fourth-order valence-electron chi connectivity index (χ4n) is 3.28. The van der Waals surface area contributed by atoms with E-state index in [2.05, 4.69) is 4.98 Å². The molecule has 0 aliphatic carbocycles. The van der Waals surface area contributed by atoms with Crippen molar-refractivity contribution in [3.63, 3.8) is 0 Å². The minimum absolute atomic E-state index is 0.231. The SMILES string of the molecule is O=S1(=O)CCCN1Cc1cccc(-c2ccc(F)c3[nH]ccc23)c1. The molecule has 2 heterocycles. The van der Waals surface area contributed by atoms with Crippen molar-refractivity contribution in [2.45, 2.75) is 13.0 Å². The molecule has 24 heavy (non-hydrogen) atoms. The van der Waals surface area contributed by atoms with Crippen LogP contribution in [-0.2, 0) is 16.6 Å². The molecule has 0 saturated carbocycles. The highest BCUT2D eigenvalue weighted by atomic mass is 32.2. The summed E-state index contributed by atoms with van der Waals surface area (Å²) in [5.74, 6) is -0.0488. The van der Waals surface area contributed by atoms with Gasteiger partial charge in [0.1, 0.15) is 5.82 Å². The summed E-state index contributed by atoms with van der Waals surface area (Å²) in [6, 6.07) is 12.8. The number of rotatable bonds is 3. The molecule has 0 amide bonds. The zero-order valence-electron chi connectivity index (χ0n) is 13.0. The van der Waals surface area contributed by atoms with E-state index in [1.807, 2.05) is 30.3 Å². The number of aromatic nitrogens is 1. The molecule has 2 aromatic carbocycles. The first-order valence-corrected chi connectivity index (χ1v) is 9.48. The average molecular weight is 344 g/mol. The summed E-state index contributed by atoms with van der Waals surface area (Å²) in [5.41, 5.74) is 3.30. The Balaban J connectivity index is 1.72. The van der Waals surface area contributed by atoms with E-state index in [9.17, 15) is 12.8 Å². The lowest BCUT2D eigenvalue weighted by molar-refractivity contribution is 0.440. The van der Waals surface area contributed by atoms with Gasteiger partial charge in [-0.05, 0) is 41.3 Å². The fraction of sp³-hybridized carbons (Fsp3) is 0.222. The lowest BCUT2D eigenvalue weighted by Crippen LogP contribution is -2.25. The molecule has 1 saturated heterocycles. The monoisotopic (exact) mass is 344 g/mol. The molecule has 0 unspecified atom stereocenters. The van der Waals surface area contributed by atoms with Gasteiger partial charge in [0.25, 0.3) is 0 Å². The van der Waals surface area contributed by atoms with E-state index in [1.165, 1.54) is 10.4 Å². The standard InChI is InChI=1S/C18H17FN2O2S/c19-17-6-5-15(16-7-8-20-18(16)17)14-4-1-3-13(11-14)12-21-9-2-10-24(21,22)23/h1,3-8,11,20H,2,9-10,12H2. The van der Waals surface area contributed by atoms with Crippen molar-refractivity contribution in [1.29, 1.82) is 0 Å². The van der Waals surface area contributed by atoms with Gasteiger partial charge in [-0.25, -0.2) is 12.8 Å². The van der Waals surface area contributed by atoms with E-state index >= 15 is 0 Å². The summed E-state index contributed by atoms with van der Waals surface area (Å²) in [6.07, 6.45) is 2.40. The molecule has 1 aromatic heterocycles. The van der Waals surface area contributed by atoms with Crippen molar-refractivity contribution < 1.29 is 12.8 Å². The molecule has 1 aliphatic heterocycles. The lowest BCUT2D eigenvalue weighted by atomic mass is 9.99. The van der Waals surface area contributed by atoms with Crippen LogP contribution < -0.4 is 0 Å². The van der Waals surface area contributed by atoms with Gasteiger partial charge < -0.3 is 4.98 Å². The predicted molar refractivity (Wildman–Crippen MR) is 92.5 cm³/mol. The van der Waals surface area contributed by atoms with Gasteiger partial charge in [0.15, 0.2) is 0 Å². The maximum atomic E-state index is 13.8. The van der Waals surface area contributed by atoms with E-state index in [4.69, 9.17) is 0 Å². The maximum Gasteiger partial charge on any atom is 0.214 e. The largest absolute Gasteiger partial charge is 0.359 e. The molecule has 3 aromatic rings. The molecule has 1 N–H and O–H groups in total. The van der Waals surface area contributed by atoms with Crippen LogP contribution in [0.25, 0.3) is 22.0 Å². The molecule has 124 valence electrons. The van der Waals surface area contributed by atoms with Crippen molar-refractivity contribution in [2.75, 3.05) is 12.3 Å². The zero-order chi connectivity index (χ0) is 16.7. The molecule has 0 spiro atoms. The summed E-state index contributed by atoms with van der Waals surface area (Å²) in [6.45, 7) is 0.957. The number of sulfonamides is 1. The first-order chi connectivity index (χ1) is 11.5. The molecular weight excluding hydrogens is 327 g/mol. The first kappa shape index (κ1) is 15.4. The molecule has 4 rings (SSSR count). The minimum Gasteiger partial charge on any atom is -0.359 e. The van der Waals surface area contributed by atoms with Crippen LogP contribution in [0.3, 0.4) is 0 Å². The third-order valence-corrected chi connectivity index (χ3v) is 6.38. The Labute approximate surface area is 140 Å². The molecule has 1 aliphatic rings. The Morgan fingerprint density at radius 3 is 2.83 bits per heavy atom. The van der Waals surface area contributed by atoms with Crippen LogP contribution in [-0.4, -0.2) is 30.0 Å². The smallest absolute Gasteiger partial charge is 0.214 e. The Bertz CT molecular complexity index is 1010. The van der Waals surface area contributed by atoms with Gasteiger partial charge >= 0.3 is 0 Å². The highest BCUT2D eigenvalue weighted by Crippen LogP contribution is 2.30. The number of H-pyrrole nitrogens is 1. The van der Waals surface area contributed by atoms with Crippen LogP contribution in [0.4, 0.5) is 4.39 Å². The van der Waals surface area contributed by atoms with Crippen LogP contribution in [0.1, 0.15) is 12.0 Å². The van der Waals surface area contributed by atoms with Crippen LogP contribution in [0.2, 0.25) is 0 Å². The van der Waals surface area contributed by atoms with E-state index in [-0.39, 0.29) is 11.6 Å². The van der Waals surface area contributed by atoms with Gasteiger partial charge in [-0.15, -0.1) is 0 Å². The molecule has 4 nitrogen and oxygen atoms in total. The average Bonchev–Trinajstić information content (AvgIpc) is 3.16. The second-order valence-electron chi connectivity index (χ2n) is 6.06. The van der Waals surface area contributed by atoms with E-state index < -0.39 is 10.0 Å². The van der Waals surface area contributed by atoms with Crippen LogP contribution in [0.15, 0.2) is 48.7 Å². The van der Waals surface area contributed by atoms with Crippen molar-refractivity contribution in [1.82, 2.24) is 9.29 Å². The normalized spacial score (nSPS) is 17.5. The van der Waals surface area contributed by atoms with Crippen molar-refractivity contribution in [3.8, 4) is 11.1 Å². The first-order valence-electron chi connectivity index (χ1n) is 7.87. The Kier molecular flexibility index (Phi) is 3.66. The second-order valence-corrected chi connectivity index (χ2v) is 8.15. The van der Waals surface area contributed by atoms with Gasteiger partial charge in [0.2, 0.25) is 10.0 Å². The number of hydrogen-bond acceptors (Lipinski definition) is 2. The lowest BCUT2D eigenvalue weighted by Gasteiger charge is -2.15. The van der Waals surface area contributed by atoms with Gasteiger partial charge in [0.05, 0.1) is 11.3 Å². The van der Waals surface area contributed by atoms with Gasteiger partial charge in [-0.3, -0.25) is 0 Å². The van der Waals surface area contributed by atoms with E-state index in [0.717, 1.165) is 22.1 Å². The van der Waals surface area contributed by atoms with Crippen LogP contribution in [0.5, 0.6) is 0 Å². The third-order valence-electron chi connectivity index (χ3n) is 4.47. The summed E-state index contributed by atoms with van der Waals surface area (Å²) in [5, 5.41) is 0.820. The van der Waals surface area contributed by atoms with Gasteiger partial charge in [0, 0.05) is 24.7 Å². The fourth-order valence-corrected chi connectivity index (χ4v) is 4.79. The zero-order valence-corrected chi connectivity index (χ0v) is 13.8. The quantitative estimate of drug-likeness (QED) is 0.790. The number of fused-ring (bicyclic) bond motifs is 1. The highest BCUT2D eigenvalue weighted by molar-refractivity contribution is 7.89. The van der Waals surface area contributed by atoms with Crippen LogP contribution in [0, 0.1) is 5.82 Å². The van der Waals surface area contributed by atoms with Crippen molar-refractivity contribution in [2.24, 2.45) is 0 Å². The molecule has 0 radical (unpaired) electrons. The summed E-state index contributed by atoms with van der Waals surface area (Å²) in [7, 11) is -3.12. The van der Waals surface area contributed by atoms with E-state index in [0.29, 0.717) is 25.0 Å². The molecule has 0 atom stereocenters.